The lowest BCUT2D eigenvalue weighted by molar-refractivity contribution is 0.477. The Labute approximate surface area is 76.5 Å². The molecule has 0 saturated carbocycles. The Kier molecular flexibility index (Phi) is 1.96. The fraction of sp³-hybridized carbons (Fsp3) is 0. The Hall–Kier alpha value is -1.83. The summed E-state index contributed by atoms with van der Waals surface area (Å²) in [7, 11) is 0. The zero-order valence-corrected chi connectivity index (χ0v) is 6.94. The second-order valence-electron chi connectivity index (χ2n) is 2.66. The molecule has 63 valence electrons. The van der Waals surface area contributed by atoms with Crippen LogP contribution in [0.15, 0.2) is 42.6 Å². The second kappa shape index (κ2) is 3.27. The number of phenols is 1. The van der Waals surface area contributed by atoms with Crippen LogP contribution in [0.4, 0.5) is 0 Å². The van der Waals surface area contributed by atoms with Crippen LogP contribution in [0, 0.1) is 6.07 Å². The fourth-order valence-corrected chi connectivity index (χ4v) is 1.16. The third kappa shape index (κ3) is 1.51. The first-order valence-electron chi connectivity index (χ1n) is 3.98. The van der Waals surface area contributed by atoms with E-state index in [1.165, 1.54) is 6.07 Å². The molecule has 2 nitrogen and oxygen atoms in total. The largest absolute Gasteiger partial charge is 0.507 e. The number of pyridine rings is 1. The van der Waals surface area contributed by atoms with Crippen LogP contribution in [0.3, 0.4) is 0 Å². The summed E-state index contributed by atoms with van der Waals surface area (Å²) >= 11 is 0. The number of hydrogen-bond acceptors (Lipinski definition) is 2. The minimum Gasteiger partial charge on any atom is -0.507 e. The Morgan fingerprint density at radius 3 is 2.85 bits per heavy atom. The molecule has 0 aliphatic carbocycles. The average molecular weight is 170 g/mol. The molecule has 0 aliphatic heterocycles. The van der Waals surface area contributed by atoms with Gasteiger partial charge in [0, 0.05) is 11.8 Å². The van der Waals surface area contributed by atoms with E-state index < -0.39 is 0 Å². The maximum atomic E-state index is 9.49. The van der Waals surface area contributed by atoms with Crippen LogP contribution >= 0.6 is 0 Å². The van der Waals surface area contributed by atoms with Gasteiger partial charge < -0.3 is 5.11 Å². The lowest BCUT2D eigenvalue weighted by atomic mass is 10.1. The van der Waals surface area contributed by atoms with Crippen molar-refractivity contribution in [2.75, 3.05) is 0 Å². The summed E-state index contributed by atoms with van der Waals surface area (Å²) in [5.74, 6) is 0.209. The summed E-state index contributed by atoms with van der Waals surface area (Å²) in [4.78, 5) is 4.14. The lowest BCUT2D eigenvalue weighted by Gasteiger charge is -2.01. The van der Waals surface area contributed by atoms with Gasteiger partial charge in [0.05, 0.1) is 5.69 Å². The van der Waals surface area contributed by atoms with E-state index in [1.54, 1.807) is 18.3 Å². The Morgan fingerprint density at radius 2 is 2.15 bits per heavy atom. The molecule has 0 fully saturated rings. The highest BCUT2D eigenvalue weighted by Crippen LogP contribution is 2.25. The Balaban J connectivity index is 2.54. The Morgan fingerprint density at radius 1 is 1.23 bits per heavy atom. The molecule has 13 heavy (non-hydrogen) atoms. The van der Waals surface area contributed by atoms with Gasteiger partial charge >= 0.3 is 0 Å². The minimum absolute atomic E-state index is 0.209. The molecule has 0 unspecified atom stereocenters. The van der Waals surface area contributed by atoms with Crippen molar-refractivity contribution in [3.8, 4) is 17.0 Å². The van der Waals surface area contributed by atoms with Crippen LogP contribution in [0.2, 0.25) is 0 Å². The first-order valence-corrected chi connectivity index (χ1v) is 3.98. The van der Waals surface area contributed by atoms with E-state index in [2.05, 4.69) is 11.1 Å². The van der Waals surface area contributed by atoms with Crippen LogP contribution in [0.25, 0.3) is 11.3 Å². The van der Waals surface area contributed by atoms with Gasteiger partial charge in [0.15, 0.2) is 0 Å². The van der Waals surface area contributed by atoms with Crippen molar-refractivity contribution in [3.63, 3.8) is 0 Å². The zero-order chi connectivity index (χ0) is 9.10. The summed E-state index contributed by atoms with van der Waals surface area (Å²) in [5, 5.41) is 9.49. The van der Waals surface area contributed by atoms with E-state index in [4.69, 9.17) is 0 Å². The fourth-order valence-electron chi connectivity index (χ4n) is 1.16. The van der Waals surface area contributed by atoms with Gasteiger partial charge in [-0.15, -0.1) is 0 Å². The maximum Gasteiger partial charge on any atom is 0.125 e. The smallest absolute Gasteiger partial charge is 0.125 e. The molecule has 2 heteroatoms. The SMILES string of the molecule is Oc1c[c]ccc1-c1ccccn1. The van der Waals surface area contributed by atoms with Gasteiger partial charge in [-0.1, -0.05) is 12.1 Å². The molecule has 0 bridgehead atoms. The molecule has 1 N–H and O–H groups in total. The number of aromatic nitrogens is 1. The molecule has 2 aromatic rings. The van der Waals surface area contributed by atoms with E-state index in [1.807, 2.05) is 18.2 Å². The summed E-state index contributed by atoms with van der Waals surface area (Å²) in [6.07, 6.45) is 1.70. The van der Waals surface area contributed by atoms with E-state index in [-0.39, 0.29) is 5.75 Å². The highest BCUT2D eigenvalue weighted by atomic mass is 16.3. The van der Waals surface area contributed by atoms with E-state index in [0.717, 1.165) is 11.3 Å². The number of aromatic hydroxyl groups is 1. The number of rotatable bonds is 1. The van der Waals surface area contributed by atoms with Crippen molar-refractivity contribution in [1.82, 2.24) is 4.98 Å². The molecule has 0 amide bonds. The number of benzene rings is 1. The van der Waals surface area contributed by atoms with Gasteiger partial charge in [0.2, 0.25) is 0 Å². The van der Waals surface area contributed by atoms with Crippen molar-refractivity contribution in [1.29, 1.82) is 0 Å². The van der Waals surface area contributed by atoms with Crippen molar-refractivity contribution in [2.45, 2.75) is 0 Å². The van der Waals surface area contributed by atoms with Gasteiger partial charge in [0.1, 0.15) is 5.75 Å². The van der Waals surface area contributed by atoms with Crippen LogP contribution < -0.4 is 0 Å². The van der Waals surface area contributed by atoms with Gasteiger partial charge in [-0.25, -0.2) is 0 Å². The molecule has 1 heterocycles. The molecular weight excluding hydrogens is 162 g/mol. The van der Waals surface area contributed by atoms with E-state index in [0.29, 0.717) is 0 Å². The monoisotopic (exact) mass is 170 g/mol. The molecule has 1 radical (unpaired) electrons. The predicted octanol–water partition coefficient (Wildman–Crippen LogP) is 2.25. The first-order chi connectivity index (χ1) is 6.38. The third-order valence-corrected chi connectivity index (χ3v) is 1.78. The standard InChI is InChI=1S/C11H8NO/c13-11-7-2-1-5-9(11)10-6-3-4-8-12-10/h1,3-8,13H. The van der Waals surface area contributed by atoms with Crippen LogP contribution in [0.5, 0.6) is 5.75 Å². The highest BCUT2D eigenvalue weighted by molar-refractivity contribution is 5.65. The van der Waals surface area contributed by atoms with Gasteiger partial charge in [-0.2, -0.15) is 0 Å². The number of hydrogen-bond donors (Lipinski definition) is 1. The normalized spacial score (nSPS) is 9.85. The Bertz CT molecular complexity index is 398. The summed E-state index contributed by atoms with van der Waals surface area (Å²) in [5.41, 5.74) is 1.51. The molecule has 1 aromatic heterocycles. The molecule has 0 saturated heterocycles. The summed E-state index contributed by atoms with van der Waals surface area (Å²) in [6.45, 7) is 0. The molecule has 0 atom stereocenters. The molecule has 0 spiro atoms. The number of phenolic OH excluding ortho intramolecular Hbond substituents is 1. The van der Waals surface area contributed by atoms with Gasteiger partial charge in [0.25, 0.3) is 0 Å². The minimum atomic E-state index is 0.209. The highest BCUT2D eigenvalue weighted by Gasteiger charge is 2.02. The lowest BCUT2D eigenvalue weighted by Crippen LogP contribution is -1.81. The van der Waals surface area contributed by atoms with Crippen molar-refractivity contribution in [3.05, 3.63) is 48.7 Å². The predicted molar refractivity (Wildman–Crippen MR) is 50.2 cm³/mol. The van der Waals surface area contributed by atoms with Gasteiger partial charge in [-0.05, 0) is 30.3 Å². The van der Waals surface area contributed by atoms with Gasteiger partial charge in [-0.3, -0.25) is 4.98 Å². The van der Waals surface area contributed by atoms with E-state index >= 15 is 0 Å². The topological polar surface area (TPSA) is 33.1 Å². The molecule has 2 rings (SSSR count). The quantitative estimate of drug-likeness (QED) is 0.712. The third-order valence-electron chi connectivity index (χ3n) is 1.78. The van der Waals surface area contributed by atoms with Crippen LogP contribution in [-0.2, 0) is 0 Å². The first kappa shape index (κ1) is 7.80. The summed E-state index contributed by atoms with van der Waals surface area (Å²) in [6, 6.07) is 13.5. The maximum absolute atomic E-state index is 9.49. The van der Waals surface area contributed by atoms with Crippen LogP contribution in [-0.4, -0.2) is 10.1 Å². The zero-order valence-electron chi connectivity index (χ0n) is 6.94. The van der Waals surface area contributed by atoms with Crippen molar-refractivity contribution >= 4 is 0 Å². The van der Waals surface area contributed by atoms with E-state index in [9.17, 15) is 5.11 Å². The molecule has 1 aromatic carbocycles. The van der Waals surface area contributed by atoms with Crippen LogP contribution in [0.1, 0.15) is 0 Å². The summed E-state index contributed by atoms with van der Waals surface area (Å²) < 4.78 is 0. The molecular formula is C11H8NO. The molecule has 0 aliphatic rings. The average Bonchev–Trinajstić information content (AvgIpc) is 2.20. The van der Waals surface area contributed by atoms with Crippen molar-refractivity contribution < 1.29 is 5.11 Å². The van der Waals surface area contributed by atoms with Crippen molar-refractivity contribution in [2.24, 2.45) is 0 Å². The second-order valence-corrected chi connectivity index (χ2v) is 2.66. The number of nitrogens with zero attached hydrogens (tertiary/aromatic N) is 1.